The van der Waals surface area contributed by atoms with Gasteiger partial charge in [-0.15, -0.1) is 0 Å². The fourth-order valence-corrected chi connectivity index (χ4v) is 4.54. The lowest BCUT2D eigenvalue weighted by Crippen LogP contribution is -2.24. The zero-order chi connectivity index (χ0) is 22.9. The van der Waals surface area contributed by atoms with Crippen LogP contribution in [0, 0.1) is 24.6 Å². The van der Waals surface area contributed by atoms with Crippen molar-refractivity contribution in [2.75, 3.05) is 18.5 Å². The Morgan fingerprint density at radius 3 is 2.97 bits per heavy atom. The summed E-state index contributed by atoms with van der Waals surface area (Å²) in [5.41, 5.74) is 1.93. The van der Waals surface area contributed by atoms with Gasteiger partial charge in [0.2, 0.25) is 5.91 Å². The molecule has 0 bridgehead atoms. The molecule has 1 unspecified atom stereocenters. The minimum atomic E-state index is -0.512. The first-order valence-corrected chi connectivity index (χ1v) is 11.6. The van der Waals surface area contributed by atoms with E-state index in [2.05, 4.69) is 15.3 Å². The molecular formula is C25H25ClFN3O3. The van der Waals surface area contributed by atoms with Gasteiger partial charge in [0.05, 0.1) is 11.6 Å². The molecule has 1 amide bonds. The van der Waals surface area contributed by atoms with Crippen LogP contribution in [0.1, 0.15) is 31.2 Å². The molecule has 0 radical (unpaired) electrons. The summed E-state index contributed by atoms with van der Waals surface area (Å²) in [6, 6.07) is 5.26. The van der Waals surface area contributed by atoms with Crippen LogP contribution in [0.2, 0.25) is 5.02 Å². The van der Waals surface area contributed by atoms with E-state index in [1.807, 2.05) is 13.0 Å². The van der Waals surface area contributed by atoms with Gasteiger partial charge in [0.25, 0.3) is 0 Å². The number of aryl methyl sites for hydroxylation is 1. The van der Waals surface area contributed by atoms with Crippen molar-refractivity contribution in [1.29, 1.82) is 0 Å². The number of hydrogen-bond acceptors (Lipinski definition) is 5. The van der Waals surface area contributed by atoms with E-state index in [9.17, 15) is 9.18 Å². The van der Waals surface area contributed by atoms with E-state index >= 15 is 0 Å². The predicted octanol–water partition coefficient (Wildman–Crippen LogP) is 5.52. The number of carbonyl (C=O) groups is 1. The van der Waals surface area contributed by atoms with Gasteiger partial charge in [-0.1, -0.05) is 11.6 Å². The maximum atomic E-state index is 15.0. The summed E-state index contributed by atoms with van der Waals surface area (Å²) >= 11 is 6.32. The Morgan fingerprint density at radius 1 is 1.30 bits per heavy atom. The zero-order valence-electron chi connectivity index (χ0n) is 18.3. The van der Waals surface area contributed by atoms with E-state index in [1.165, 1.54) is 6.20 Å². The summed E-state index contributed by atoms with van der Waals surface area (Å²) in [7, 11) is 0. The molecule has 2 aromatic heterocycles. The highest BCUT2D eigenvalue weighted by Crippen LogP contribution is 2.40. The molecule has 2 aliphatic rings. The van der Waals surface area contributed by atoms with Crippen LogP contribution < -0.4 is 5.32 Å². The third-order valence-electron chi connectivity index (χ3n) is 6.38. The van der Waals surface area contributed by atoms with Crippen LogP contribution in [0.5, 0.6) is 0 Å². The molecule has 5 rings (SSSR count). The van der Waals surface area contributed by atoms with Crippen molar-refractivity contribution in [1.82, 2.24) is 9.97 Å². The first-order chi connectivity index (χ1) is 16.0. The molecule has 6 nitrogen and oxygen atoms in total. The number of carbonyl (C=O) groups excluding carboxylic acids is 1. The summed E-state index contributed by atoms with van der Waals surface area (Å²) in [5, 5.41) is 4.06. The number of fused-ring (bicyclic) bond motifs is 1. The number of benzene rings is 1. The van der Waals surface area contributed by atoms with Crippen LogP contribution >= 0.6 is 11.6 Å². The maximum absolute atomic E-state index is 15.0. The van der Waals surface area contributed by atoms with Gasteiger partial charge in [-0.2, -0.15) is 0 Å². The summed E-state index contributed by atoms with van der Waals surface area (Å²) in [5.74, 6) is -0.0967. The summed E-state index contributed by atoms with van der Waals surface area (Å²) < 4.78 is 26.4. The Balaban J connectivity index is 1.30. The highest BCUT2D eigenvalue weighted by Gasteiger charge is 2.43. The van der Waals surface area contributed by atoms with E-state index < -0.39 is 5.82 Å². The second-order valence-corrected chi connectivity index (χ2v) is 9.13. The molecule has 3 heterocycles. The van der Waals surface area contributed by atoms with Gasteiger partial charge in [-0.3, -0.25) is 9.78 Å². The van der Waals surface area contributed by atoms with Crippen molar-refractivity contribution >= 4 is 34.1 Å². The zero-order valence-corrected chi connectivity index (χ0v) is 19.1. The number of amides is 1. The average molecular weight is 470 g/mol. The van der Waals surface area contributed by atoms with Crippen LogP contribution in [-0.4, -0.2) is 35.4 Å². The van der Waals surface area contributed by atoms with Crippen molar-refractivity contribution in [3.05, 3.63) is 53.2 Å². The molecule has 1 aliphatic carbocycles. The van der Waals surface area contributed by atoms with Gasteiger partial charge in [0.1, 0.15) is 11.6 Å². The van der Waals surface area contributed by atoms with E-state index in [-0.39, 0.29) is 29.1 Å². The third kappa shape index (κ3) is 4.71. The number of ether oxygens (including phenoxy) is 2. The molecular weight excluding hydrogens is 445 g/mol. The monoisotopic (exact) mass is 469 g/mol. The van der Waals surface area contributed by atoms with Crippen LogP contribution in [0.4, 0.5) is 10.2 Å². The second-order valence-electron chi connectivity index (χ2n) is 8.75. The Bertz CT molecular complexity index is 1200. The van der Waals surface area contributed by atoms with E-state index in [0.717, 1.165) is 37.9 Å². The highest BCUT2D eigenvalue weighted by atomic mass is 35.5. The minimum Gasteiger partial charge on any atom is -0.353 e. The molecule has 1 saturated heterocycles. The first-order valence-electron chi connectivity index (χ1n) is 11.2. The van der Waals surface area contributed by atoms with Gasteiger partial charge in [-0.05, 0) is 67.7 Å². The smallest absolute Gasteiger partial charge is 0.229 e. The largest absolute Gasteiger partial charge is 0.353 e. The number of aromatic nitrogens is 2. The Kier molecular flexibility index (Phi) is 6.27. The lowest BCUT2D eigenvalue weighted by molar-refractivity contribution is -0.165. The van der Waals surface area contributed by atoms with Gasteiger partial charge in [0.15, 0.2) is 6.29 Å². The second kappa shape index (κ2) is 9.33. The van der Waals surface area contributed by atoms with Crippen molar-refractivity contribution in [2.24, 2.45) is 11.8 Å². The van der Waals surface area contributed by atoms with Crippen molar-refractivity contribution < 1.29 is 18.7 Å². The summed E-state index contributed by atoms with van der Waals surface area (Å²) in [4.78, 5) is 21.1. The number of hydrogen-bond donors (Lipinski definition) is 1. The standard InChI is InChI=1S/C25H25ClFN3O3/c1-14-5-6-28-11-19(14)18-8-15-10-21(29-12-20(15)23(26)24(18)27)30-25(31)17-9-16(17)13-33-22-4-2-3-7-32-22/h5-6,8,10-12,16-17,22H,2-4,7,9,13H2,1H3,(H,29,30,31)/t16-,17-,22?/m1/s1. The normalized spacial score (nSPS) is 22.3. The molecule has 33 heavy (non-hydrogen) atoms. The molecule has 3 atom stereocenters. The predicted molar refractivity (Wildman–Crippen MR) is 124 cm³/mol. The minimum absolute atomic E-state index is 0.000432. The van der Waals surface area contributed by atoms with Crippen molar-refractivity contribution in [2.45, 2.75) is 38.9 Å². The third-order valence-corrected chi connectivity index (χ3v) is 6.74. The van der Waals surface area contributed by atoms with E-state index in [0.29, 0.717) is 34.3 Å². The molecule has 172 valence electrons. The first kappa shape index (κ1) is 22.2. The van der Waals surface area contributed by atoms with Crippen LogP contribution in [-0.2, 0) is 14.3 Å². The van der Waals surface area contributed by atoms with Gasteiger partial charge >= 0.3 is 0 Å². The van der Waals surface area contributed by atoms with Gasteiger partial charge < -0.3 is 14.8 Å². The number of nitrogens with one attached hydrogen (secondary N) is 1. The molecule has 8 heteroatoms. The number of halogens is 2. The SMILES string of the molecule is Cc1ccncc1-c1cc2cc(NC(=O)[C@@H]3C[C@@H]3COC3CCCCO3)ncc2c(Cl)c1F. The van der Waals surface area contributed by atoms with Crippen LogP contribution in [0.3, 0.4) is 0 Å². The van der Waals surface area contributed by atoms with E-state index in [4.69, 9.17) is 21.1 Å². The van der Waals surface area contributed by atoms with Crippen molar-refractivity contribution in [3.8, 4) is 11.1 Å². The Hall–Kier alpha value is -2.61. The lowest BCUT2D eigenvalue weighted by atomic mass is 9.99. The van der Waals surface area contributed by atoms with Crippen LogP contribution in [0.25, 0.3) is 21.9 Å². The van der Waals surface area contributed by atoms with Crippen molar-refractivity contribution in [3.63, 3.8) is 0 Å². The average Bonchev–Trinajstić information content (AvgIpc) is 3.61. The lowest BCUT2D eigenvalue weighted by Gasteiger charge is -2.22. The fraction of sp³-hybridized carbons (Fsp3) is 0.400. The van der Waals surface area contributed by atoms with Gasteiger partial charge in [-0.25, -0.2) is 9.37 Å². The quantitative estimate of drug-likeness (QED) is 0.515. The number of anilines is 1. The van der Waals surface area contributed by atoms with E-state index in [1.54, 1.807) is 24.5 Å². The molecule has 0 spiro atoms. The Labute approximate surface area is 196 Å². The summed E-state index contributed by atoms with van der Waals surface area (Å²) in [6.07, 6.45) is 8.51. The topological polar surface area (TPSA) is 73.3 Å². The summed E-state index contributed by atoms with van der Waals surface area (Å²) in [6.45, 7) is 3.16. The molecule has 1 aromatic carbocycles. The molecule has 3 aromatic rings. The van der Waals surface area contributed by atoms with Gasteiger partial charge in [0, 0.05) is 47.6 Å². The number of nitrogens with zero attached hydrogens (tertiary/aromatic N) is 2. The Morgan fingerprint density at radius 2 is 2.18 bits per heavy atom. The van der Waals surface area contributed by atoms with Crippen LogP contribution in [0.15, 0.2) is 36.8 Å². The molecule has 1 saturated carbocycles. The molecule has 1 aliphatic heterocycles. The number of rotatable bonds is 6. The molecule has 1 N–H and O–H groups in total. The number of pyridine rings is 2. The maximum Gasteiger partial charge on any atom is 0.229 e. The molecule has 2 fully saturated rings. The highest BCUT2D eigenvalue weighted by molar-refractivity contribution is 6.36. The fourth-order valence-electron chi connectivity index (χ4n) is 4.28.